The molecule has 1 saturated heterocycles. The van der Waals surface area contributed by atoms with Crippen LogP contribution in [0, 0.1) is 6.92 Å². The Morgan fingerprint density at radius 1 is 1.57 bits per heavy atom. The number of carbonyl (C=O) groups is 1. The lowest BCUT2D eigenvalue weighted by atomic mass is 10.2. The van der Waals surface area contributed by atoms with Crippen LogP contribution in [0.15, 0.2) is 12.4 Å². The van der Waals surface area contributed by atoms with Gasteiger partial charge in [0.2, 0.25) is 5.91 Å². The molecule has 1 fully saturated rings. The SMILES string of the molecule is Cc1nc([C@H]2CN(C(=O)Cc3cnn(C)c3)CCO2)n[nH]1. The van der Waals surface area contributed by atoms with Crippen LogP contribution in [-0.2, 0) is 23.0 Å². The lowest BCUT2D eigenvalue weighted by molar-refractivity contribution is -0.138. The number of morpholine rings is 1. The maximum absolute atomic E-state index is 12.3. The summed E-state index contributed by atoms with van der Waals surface area (Å²) in [6.45, 7) is 3.41. The second kappa shape index (κ2) is 5.65. The molecule has 1 atom stereocenters. The fourth-order valence-corrected chi connectivity index (χ4v) is 2.39. The summed E-state index contributed by atoms with van der Waals surface area (Å²) in [6, 6.07) is 0. The van der Waals surface area contributed by atoms with Crippen molar-refractivity contribution in [3.05, 3.63) is 29.6 Å². The highest BCUT2D eigenvalue weighted by Crippen LogP contribution is 2.19. The second-order valence-corrected chi connectivity index (χ2v) is 5.18. The first-order valence-electron chi connectivity index (χ1n) is 6.87. The molecular weight excluding hydrogens is 272 g/mol. The van der Waals surface area contributed by atoms with Crippen LogP contribution in [0.2, 0.25) is 0 Å². The number of aromatic nitrogens is 5. The number of rotatable bonds is 3. The molecule has 2 aromatic rings. The number of nitrogens with zero attached hydrogens (tertiary/aromatic N) is 5. The van der Waals surface area contributed by atoms with Gasteiger partial charge in [-0.05, 0) is 12.5 Å². The van der Waals surface area contributed by atoms with Crippen LogP contribution in [0.4, 0.5) is 0 Å². The molecule has 0 saturated carbocycles. The minimum Gasteiger partial charge on any atom is -0.366 e. The predicted molar refractivity (Wildman–Crippen MR) is 73.3 cm³/mol. The normalized spacial score (nSPS) is 19.0. The molecule has 0 spiro atoms. The Bertz CT molecular complexity index is 634. The van der Waals surface area contributed by atoms with E-state index in [1.165, 1.54) is 0 Å². The van der Waals surface area contributed by atoms with Crippen LogP contribution in [0.25, 0.3) is 0 Å². The van der Waals surface area contributed by atoms with E-state index in [0.717, 1.165) is 11.4 Å². The Kier molecular flexibility index (Phi) is 3.70. The van der Waals surface area contributed by atoms with Crippen LogP contribution in [0.5, 0.6) is 0 Å². The molecule has 3 heterocycles. The summed E-state index contributed by atoms with van der Waals surface area (Å²) >= 11 is 0. The monoisotopic (exact) mass is 290 g/mol. The third kappa shape index (κ3) is 3.10. The van der Waals surface area contributed by atoms with Crippen molar-refractivity contribution in [2.45, 2.75) is 19.4 Å². The first kappa shape index (κ1) is 13.7. The van der Waals surface area contributed by atoms with Gasteiger partial charge in [0.15, 0.2) is 5.82 Å². The van der Waals surface area contributed by atoms with Crippen molar-refractivity contribution >= 4 is 5.91 Å². The van der Waals surface area contributed by atoms with E-state index in [1.54, 1.807) is 15.8 Å². The third-order valence-electron chi connectivity index (χ3n) is 3.44. The van der Waals surface area contributed by atoms with E-state index in [0.29, 0.717) is 31.9 Å². The van der Waals surface area contributed by atoms with Crippen molar-refractivity contribution in [1.29, 1.82) is 0 Å². The summed E-state index contributed by atoms with van der Waals surface area (Å²) in [6.07, 6.45) is 3.66. The predicted octanol–water partition coefficient (Wildman–Crippen LogP) is -0.0108. The summed E-state index contributed by atoms with van der Waals surface area (Å²) < 4.78 is 7.35. The highest BCUT2D eigenvalue weighted by molar-refractivity contribution is 5.78. The molecule has 0 unspecified atom stereocenters. The average molecular weight is 290 g/mol. The Labute approximate surface area is 122 Å². The topological polar surface area (TPSA) is 88.9 Å². The molecule has 0 aliphatic carbocycles. The molecule has 2 aromatic heterocycles. The van der Waals surface area contributed by atoms with Crippen LogP contribution >= 0.6 is 0 Å². The van der Waals surface area contributed by atoms with E-state index in [1.807, 2.05) is 20.2 Å². The number of nitrogens with one attached hydrogen (secondary N) is 1. The van der Waals surface area contributed by atoms with Gasteiger partial charge in [-0.15, -0.1) is 0 Å². The maximum atomic E-state index is 12.3. The third-order valence-corrected chi connectivity index (χ3v) is 3.44. The molecule has 1 aliphatic rings. The van der Waals surface area contributed by atoms with Gasteiger partial charge < -0.3 is 9.64 Å². The quantitative estimate of drug-likeness (QED) is 0.859. The summed E-state index contributed by atoms with van der Waals surface area (Å²) in [7, 11) is 1.84. The molecule has 21 heavy (non-hydrogen) atoms. The fourth-order valence-electron chi connectivity index (χ4n) is 2.39. The average Bonchev–Trinajstić information content (AvgIpc) is 3.08. The van der Waals surface area contributed by atoms with Crippen molar-refractivity contribution in [3.8, 4) is 0 Å². The molecule has 0 aromatic carbocycles. The first-order valence-corrected chi connectivity index (χ1v) is 6.87. The van der Waals surface area contributed by atoms with Crippen LogP contribution in [0.1, 0.15) is 23.3 Å². The minimum absolute atomic E-state index is 0.0727. The lowest BCUT2D eigenvalue weighted by Gasteiger charge is -2.31. The molecule has 1 aliphatic heterocycles. The molecule has 8 heteroatoms. The molecule has 0 radical (unpaired) electrons. The zero-order valence-corrected chi connectivity index (χ0v) is 12.1. The van der Waals surface area contributed by atoms with Gasteiger partial charge in [0, 0.05) is 19.8 Å². The number of ether oxygens (including phenoxy) is 1. The largest absolute Gasteiger partial charge is 0.366 e. The van der Waals surface area contributed by atoms with Crippen LogP contribution in [-0.4, -0.2) is 55.5 Å². The molecule has 1 N–H and O–H groups in total. The standard InChI is InChI=1S/C13H18N6O2/c1-9-15-13(17-16-9)11-8-19(3-4-21-11)12(20)5-10-6-14-18(2)7-10/h6-7,11H,3-5,8H2,1-2H3,(H,15,16,17)/t11-/m1/s1. The highest BCUT2D eigenvalue weighted by Gasteiger charge is 2.27. The van der Waals surface area contributed by atoms with Crippen molar-refractivity contribution in [3.63, 3.8) is 0 Å². The van der Waals surface area contributed by atoms with E-state index in [4.69, 9.17) is 4.74 Å². The zero-order chi connectivity index (χ0) is 14.8. The molecule has 0 bridgehead atoms. The van der Waals surface area contributed by atoms with Gasteiger partial charge in [0.1, 0.15) is 11.9 Å². The van der Waals surface area contributed by atoms with E-state index in [2.05, 4.69) is 20.3 Å². The number of aromatic amines is 1. The molecule has 3 rings (SSSR count). The molecular formula is C13H18N6O2. The van der Waals surface area contributed by atoms with E-state index >= 15 is 0 Å². The number of H-pyrrole nitrogens is 1. The van der Waals surface area contributed by atoms with Crippen molar-refractivity contribution < 1.29 is 9.53 Å². The maximum Gasteiger partial charge on any atom is 0.227 e. The summed E-state index contributed by atoms with van der Waals surface area (Å²) in [5.41, 5.74) is 0.916. The summed E-state index contributed by atoms with van der Waals surface area (Å²) in [5, 5.41) is 11.0. The first-order chi connectivity index (χ1) is 10.1. The van der Waals surface area contributed by atoms with Crippen molar-refractivity contribution in [2.24, 2.45) is 7.05 Å². The van der Waals surface area contributed by atoms with Gasteiger partial charge in [-0.1, -0.05) is 0 Å². The Hall–Kier alpha value is -2.22. The number of hydrogen-bond donors (Lipinski definition) is 1. The van der Waals surface area contributed by atoms with Crippen LogP contribution in [0.3, 0.4) is 0 Å². The Morgan fingerprint density at radius 2 is 2.43 bits per heavy atom. The second-order valence-electron chi connectivity index (χ2n) is 5.18. The Morgan fingerprint density at radius 3 is 3.10 bits per heavy atom. The van der Waals surface area contributed by atoms with Gasteiger partial charge in [-0.3, -0.25) is 14.6 Å². The number of carbonyl (C=O) groups excluding carboxylic acids is 1. The van der Waals surface area contributed by atoms with Gasteiger partial charge in [0.25, 0.3) is 0 Å². The lowest BCUT2D eigenvalue weighted by Crippen LogP contribution is -2.43. The molecule has 1 amide bonds. The van der Waals surface area contributed by atoms with Crippen molar-refractivity contribution in [2.75, 3.05) is 19.7 Å². The Balaban J connectivity index is 1.64. The number of hydrogen-bond acceptors (Lipinski definition) is 5. The number of amides is 1. The van der Waals surface area contributed by atoms with Gasteiger partial charge in [0.05, 0.1) is 25.8 Å². The number of aryl methyl sites for hydroxylation is 2. The smallest absolute Gasteiger partial charge is 0.227 e. The van der Waals surface area contributed by atoms with Crippen LogP contribution < -0.4 is 0 Å². The molecule has 8 nitrogen and oxygen atoms in total. The zero-order valence-electron chi connectivity index (χ0n) is 12.1. The highest BCUT2D eigenvalue weighted by atomic mass is 16.5. The van der Waals surface area contributed by atoms with Gasteiger partial charge >= 0.3 is 0 Å². The van der Waals surface area contributed by atoms with Gasteiger partial charge in [-0.2, -0.15) is 10.2 Å². The van der Waals surface area contributed by atoms with E-state index < -0.39 is 0 Å². The van der Waals surface area contributed by atoms with E-state index in [-0.39, 0.29) is 12.0 Å². The minimum atomic E-state index is -0.262. The molecule has 112 valence electrons. The van der Waals surface area contributed by atoms with Gasteiger partial charge in [-0.25, -0.2) is 4.98 Å². The summed E-state index contributed by atoms with van der Waals surface area (Å²) in [5.74, 6) is 1.42. The summed E-state index contributed by atoms with van der Waals surface area (Å²) in [4.78, 5) is 18.4. The fraction of sp³-hybridized carbons (Fsp3) is 0.538. The van der Waals surface area contributed by atoms with Crippen molar-refractivity contribution in [1.82, 2.24) is 29.9 Å². The van der Waals surface area contributed by atoms with E-state index in [9.17, 15) is 4.79 Å².